The minimum atomic E-state index is 0.929. The highest BCUT2D eigenvalue weighted by molar-refractivity contribution is 5.30. The zero-order valence-corrected chi connectivity index (χ0v) is 8.80. The van der Waals surface area contributed by atoms with Crippen molar-refractivity contribution < 1.29 is 0 Å². The summed E-state index contributed by atoms with van der Waals surface area (Å²) in [6, 6.07) is 9.97. The number of aromatic nitrogens is 4. The Morgan fingerprint density at radius 2 is 2.00 bits per heavy atom. The van der Waals surface area contributed by atoms with Gasteiger partial charge in [0.1, 0.15) is 0 Å². The highest BCUT2D eigenvalue weighted by Gasteiger charge is 2.06. The molecule has 0 saturated carbocycles. The third-order valence-corrected chi connectivity index (χ3v) is 2.29. The first-order valence-electron chi connectivity index (χ1n) is 5.24. The first-order valence-corrected chi connectivity index (χ1v) is 5.24. The first kappa shape index (κ1) is 9.83. The van der Waals surface area contributed by atoms with Crippen LogP contribution in [0.4, 0.5) is 0 Å². The highest BCUT2D eigenvalue weighted by atomic mass is 15.5. The van der Waals surface area contributed by atoms with Crippen molar-refractivity contribution in [3.8, 4) is 5.69 Å². The summed E-state index contributed by atoms with van der Waals surface area (Å²) < 4.78 is 1.80. The second-order valence-corrected chi connectivity index (χ2v) is 3.45. The van der Waals surface area contributed by atoms with Gasteiger partial charge in [0.15, 0.2) is 5.82 Å². The number of unbranched alkanes of at least 4 members (excludes halogenated alkanes) is 1. The second-order valence-electron chi connectivity index (χ2n) is 3.45. The van der Waals surface area contributed by atoms with Gasteiger partial charge in [0.05, 0.1) is 5.69 Å². The summed E-state index contributed by atoms with van der Waals surface area (Å²) >= 11 is 0. The lowest BCUT2D eigenvalue weighted by Crippen LogP contribution is -2.02. The van der Waals surface area contributed by atoms with Crippen LogP contribution in [-0.4, -0.2) is 20.2 Å². The number of nitrogens with zero attached hydrogens (tertiary/aromatic N) is 4. The van der Waals surface area contributed by atoms with E-state index in [2.05, 4.69) is 22.4 Å². The molecule has 0 bridgehead atoms. The molecule has 0 aliphatic carbocycles. The molecule has 0 radical (unpaired) electrons. The molecular formula is C11H14N4. The Morgan fingerprint density at radius 3 is 2.73 bits per heavy atom. The van der Waals surface area contributed by atoms with Crippen molar-refractivity contribution in [1.29, 1.82) is 0 Å². The summed E-state index contributed by atoms with van der Waals surface area (Å²) in [5, 5.41) is 11.7. The van der Waals surface area contributed by atoms with Crippen molar-refractivity contribution in [2.24, 2.45) is 0 Å². The van der Waals surface area contributed by atoms with Crippen LogP contribution in [-0.2, 0) is 6.42 Å². The van der Waals surface area contributed by atoms with Gasteiger partial charge in [-0.2, -0.15) is 4.68 Å². The van der Waals surface area contributed by atoms with Crippen molar-refractivity contribution in [1.82, 2.24) is 20.2 Å². The van der Waals surface area contributed by atoms with E-state index >= 15 is 0 Å². The van der Waals surface area contributed by atoms with E-state index in [-0.39, 0.29) is 0 Å². The lowest BCUT2D eigenvalue weighted by molar-refractivity contribution is 0.711. The summed E-state index contributed by atoms with van der Waals surface area (Å²) in [5.41, 5.74) is 1.02. The van der Waals surface area contributed by atoms with Crippen molar-refractivity contribution in [2.45, 2.75) is 26.2 Å². The zero-order chi connectivity index (χ0) is 10.5. The third-order valence-electron chi connectivity index (χ3n) is 2.29. The van der Waals surface area contributed by atoms with Gasteiger partial charge in [0, 0.05) is 6.42 Å². The average molecular weight is 202 g/mol. The molecule has 1 heterocycles. The van der Waals surface area contributed by atoms with Crippen molar-refractivity contribution in [2.75, 3.05) is 0 Å². The van der Waals surface area contributed by atoms with Crippen LogP contribution in [0.2, 0.25) is 0 Å². The fraction of sp³-hybridized carbons (Fsp3) is 0.364. The smallest absolute Gasteiger partial charge is 0.156 e. The lowest BCUT2D eigenvalue weighted by atomic mass is 10.2. The van der Waals surface area contributed by atoms with Crippen LogP contribution in [0.5, 0.6) is 0 Å². The summed E-state index contributed by atoms with van der Waals surface area (Å²) in [5.74, 6) is 0.933. The molecule has 0 fully saturated rings. The number of benzene rings is 1. The Labute approximate surface area is 88.9 Å². The van der Waals surface area contributed by atoms with E-state index in [9.17, 15) is 0 Å². The van der Waals surface area contributed by atoms with E-state index in [1.54, 1.807) is 4.68 Å². The van der Waals surface area contributed by atoms with Crippen LogP contribution in [0.25, 0.3) is 5.69 Å². The van der Waals surface area contributed by atoms with Crippen LogP contribution < -0.4 is 0 Å². The Morgan fingerprint density at radius 1 is 1.20 bits per heavy atom. The lowest BCUT2D eigenvalue weighted by Gasteiger charge is -2.02. The molecule has 15 heavy (non-hydrogen) atoms. The largest absolute Gasteiger partial charge is 0.197 e. The van der Waals surface area contributed by atoms with E-state index in [4.69, 9.17) is 0 Å². The van der Waals surface area contributed by atoms with Crippen LogP contribution in [0.15, 0.2) is 30.3 Å². The molecule has 0 unspecified atom stereocenters. The minimum absolute atomic E-state index is 0.929. The second kappa shape index (κ2) is 4.68. The Kier molecular flexibility index (Phi) is 3.07. The maximum Gasteiger partial charge on any atom is 0.156 e. The fourth-order valence-corrected chi connectivity index (χ4v) is 1.47. The molecule has 1 aromatic heterocycles. The van der Waals surface area contributed by atoms with Gasteiger partial charge < -0.3 is 0 Å². The van der Waals surface area contributed by atoms with E-state index in [0.29, 0.717) is 0 Å². The van der Waals surface area contributed by atoms with Gasteiger partial charge in [0.2, 0.25) is 0 Å². The zero-order valence-electron chi connectivity index (χ0n) is 8.80. The maximum absolute atomic E-state index is 4.03. The maximum atomic E-state index is 4.03. The summed E-state index contributed by atoms with van der Waals surface area (Å²) in [6.45, 7) is 2.16. The average Bonchev–Trinajstić information content (AvgIpc) is 2.75. The van der Waals surface area contributed by atoms with Crippen LogP contribution in [0.3, 0.4) is 0 Å². The number of aryl methyl sites for hydroxylation is 1. The van der Waals surface area contributed by atoms with Crippen LogP contribution >= 0.6 is 0 Å². The summed E-state index contributed by atoms with van der Waals surface area (Å²) in [4.78, 5) is 0. The summed E-state index contributed by atoms with van der Waals surface area (Å²) in [7, 11) is 0. The summed E-state index contributed by atoms with van der Waals surface area (Å²) in [6.07, 6.45) is 3.20. The molecule has 0 N–H and O–H groups in total. The van der Waals surface area contributed by atoms with E-state index in [0.717, 1.165) is 30.8 Å². The molecule has 4 heteroatoms. The van der Waals surface area contributed by atoms with E-state index in [1.807, 2.05) is 30.3 Å². The molecule has 0 spiro atoms. The topological polar surface area (TPSA) is 43.6 Å². The molecule has 0 aliphatic rings. The van der Waals surface area contributed by atoms with Crippen molar-refractivity contribution in [3.63, 3.8) is 0 Å². The number of para-hydroxylation sites is 1. The molecule has 0 aliphatic heterocycles. The predicted molar refractivity (Wildman–Crippen MR) is 57.8 cm³/mol. The van der Waals surface area contributed by atoms with Crippen LogP contribution in [0, 0.1) is 0 Å². The number of hydrogen-bond acceptors (Lipinski definition) is 3. The standard InChI is InChI=1S/C11H14N4/c1-2-3-9-11-12-13-14-15(11)10-7-5-4-6-8-10/h4-8H,2-3,9H2,1H3. The van der Waals surface area contributed by atoms with Crippen molar-refractivity contribution >= 4 is 0 Å². The quantitative estimate of drug-likeness (QED) is 0.761. The highest BCUT2D eigenvalue weighted by Crippen LogP contribution is 2.08. The Balaban J connectivity index is 2.25. The van der Waals surface area contributed by atoms with Crippen molar-refractivity contribution in [3.05, 3.63) is 36.2 Å². The fourth-order valence-electron chi connectivity index (χ4n) is 1.47. The van der Waals surface area contributed by atoms with Gasteiger partial charge in [-0.25, -0.2) is 0 Å². The molecule has 1 aromatic carbocycles. The van der Waals surface area contributed by atoms with Gasteiger partial charge in [-0.3, -0.25) is 0 Å². The predicted octanol–water partition coefficient (Wildman–Crippen LogP) is 2.00. The Hall–Kier alpha value is -1.71. The molecule has 78 valence electrons. The molecule has 0 saturated heterocycles. The van der Waals surface area contributed by atoms with E-state index < -0.39 is 0 Å². The Bertz CT molecular complexity index is 408. The first-order chi connectivity index (χ1) is 7.42. The number of tetrazole rings is 1. The van der Waals surface area contributed by atoms with Gasteiger partial charge in [-0.15, -0.1) is 5.10 Å². The number of hydrogen-bond donors (Lipinski definition) is 0. The molecule has 2 aromatic rings. The molecular weight excluding hydrogens is 188 g/mol. The normalized spacial score (nSPS) is 10.5. The number of rotatable bonds is 4. The van der Waals surface area contributed by atoms with Gasteiger partial charge in [-0.05, 0) is 29.0 Å². The molecule has 0 atom stereocenters. The molecule has 4 nitrogen and oxygen atoms in total. The van der Waals surface area contributed by atoms with Gasteiger partial charge >= 0.3 is 0 Å². The van der Waals surface area contributed by atoms with Gasteiger partial charge in [-0.1, -0.05) is 31.5 Å². The van der Waals surface area contributed by atoms with Gasteiger partial charge in [0.25, 0.3) is 0 Å². The molecule has 0 amide bonds. The molecule has 2 rings (SSSR count). The SMILES string of the molecule is CCCCc1nnnn1-c1ccccc1. The minimum Gasteiger partial charge on any atom is -0.197 e. The van der Waals surface area contributed by atoms with Crippen LogP contribution in [0.1, 0.15) is 25.6 Å². The monoisotopic (exact) mass is 202 g/mol. The third kappa shape index (κ3) is 2.21. The van der Waals surface area contributed by atoms with E-state index in [1.165, 1.54) is 0 Å².